The van der Waals surface area contributed by atoms with E-state index < -0.39 is 26.1 Å². The number of hydrogen-bond donors (Lipinski definition) is 0. The highest BCUT2D eigenvalue weighted by molar-refractivity contribution is 6.74. The van der Waals surface area contributed by atoms with Gasteiger partial charge in [-0.15, -0.1) is 0 Å². The van der Waals surface area contributed by atoms with Crippen LogP contribution in [0.4, 0.5) is 0 Å². The maximum absolute atomic E-state index is 7.39. The van der Waals surface area contributed by atoms with Gasteiger partial charge in [0.25, 0.3) is 0 Å². The molecule has 0 aliphatic rings. The molecule has 0 bridgehead atoms. The van der Waals surface area contributed by atoms with Crippen LogP contribution in [0.3, 0.4) is 0 Å². The largest absolute Gasteiger partial charge is 0.497 e. The molecular formula is C48H56O5Si. The smallest absolute Gasteiger partial charge is 0.193 e. The first-order valence-corrected chi connectivity index (χ1v) is 21.6. The highest BCUT2D eigenvalue weighted by Gasteiger charge is 2.43. The monoisotopic (exact) mass is 740 g/mol. The fourth-order valence-electron chi connectivity index (χ4n) is 6.05. The van der Waals surface area contributed by atoms with Gasteiger partial charge in [-0.25, -0.2) is 0 Å². The highest BCUT2D eigenvalue weighted by Crippen LogP contribution is 2.42. The first-order valence-electron chi connectivity index (χ1n) is 18.7. The van der Waals surface area contributed by atoms with Crippen LogP contribution in [-0.2, 0) is 37.5 Å². The minimum atomic E-state index is -2.32. The summed E-state index contributed by atoms with van der Waals surface area (Å²) in [6.07, 6.45) is 3.17. The van der Waals surface area contributed by atoms with Gasteiger partial charge in [0, 0.05) is 0 Å². The molecule has 0 saturated heterocycles. The first kappa shape index (κ1) is 40.6. The Morgan fingerprint density at radius 3 is 1.63 bits per heavy atom. The molecule has 0 N–H and O–H groups in total. The Labute approximate surface area is 324 Å². The van der Waals surface area contributed by atoms with Crippen LogP contribution in [0.2, 0.25) is 18.1 Å². The summed E-state index contributed by atoms with van der Waals surface area (Å²) in [5.74, 6) is 0.798. The Balaban J connectivity index is 1.53. The molecule has 0 spiro atoms. The first-order chi connectivity index (χ1) is 26.0. The van der Waals surface area contributed by atoms with E-state index >= 15 is 0 Å². The van der Waals surface area contributed by atoms with Crippen molar-refractivity contribution in [1.29, 1.82) is 0 Å². The minimum absolute atomic E-state index is 0.0435. The van der Waals surface area contributed by atoms with E-state index in [9.17, 15) is 0 Å². The van der Waals surface area contributed by atoms with Gasteiger partial charge in [-0.2, -0.15) is 0 Å². The molecule has 0 saturated carbocycles. The molecule has 0 aromatic heterocycles. The summed E-state index contributed by atoms with van der Waals surface area (Å²) in [7, 11) is -0.650. The van der Waals surface area contributed by atoms with Gasteiger partial charge in [0.05, 0.1) is 39.6 Å². The zero-order chi connectivity index (χ0) is 38.4. The van der Waals surface area contributed by atoms with Crippen LogP contribution >= 0.6 is 0 Å². The van der Waals surface area contributed by atoms with Gasteiger partial charge in [-0.05, 0) is 63.7 Å². The molecule has 5 rings (SSSR count). The second-order valence-electron chi connectivity index (χ2n) is 15.1. The van der Waals surface area contributed by atoms with Gasteiger partial charge in [0.1, 0.15) is 17.5 Å². The van der Waals surface area contributed by atoms with E-state index in [1.807, 2.05) is 66.7 Å². The predicted octanol–water partition coefficient (Wildman–Crippen LogP) is 11.3. The van der Waals surface area contributed by atoms with Crippen LogP contribution in [0.5, 0.6) is 5.75 Å². The molecule has 0 unspecified atom stereocenters. The van der Waals surface area contributed by atoms with Gasteiger partial charge in [0.2, 0.25) is 0 Å². The second kappa shape index (κ2) is 19.2. The van der Waals surface area contributed by atoms with Crippen LogP contribution in [0.25, 0.3) is 0 Å². The third-order valence-corrected chi connectivity index (χ3v) is 14.6. The summed E-state index contributed by atoms with van der Waals surface area (Å²) in [6, 6.07) is 49.5. The van der Waals surface area contributed by atoms with Crippen LogP contribution < -0.4 is 4.74 Å². The van der Waals surface area contributed by atoms with Gasteiger partial charge in [-0.3, -0.25) is 0 Å². The van der Waals surface area contributed by atoms with E-state index in [-0.39, 0.29) is 11.6 Å². The van der Waals surface area contributed by atoms with Gasteiger partial charge >= 0.3 is 0 Å². The summed E-state index contributed by atoms with van der Waals surface area (Å²) in [6.45, 7) is 17.1. The average Bonchev–Trinajstić information content (AvgIpc) is 3.19. The molecule has 0 fully saturated rings. The van der Waals surface area contributed by atoms with Crippen molar-refractivity contribution in [3.8, 4) is 5.75 Å². The van der Waals surface area contributed by atoms with E-state index in [0.717, 1.165) is 39.1 Å². The molecule has 2 atom stereocenters. The van der Waals surface area contributed by atoms with Crippen LogP contribution in [0, 0.1) is 0 Å². The lowest BCUT2D eigenvalue weighted by molar-refractivity contribution is -0.0990. The van der Waals surface area contributed by atoms with Gasteiger partial charge in [-0.1, -0.05) is 173 Å². The maximum atomic E-state index is 7.39. The fourth-order valence-corrected chi connectivity index (χ4v) is 7.31. The lowest BCUT2D eigenvalue weighted by Gasteiger charge is -2.42. The second-order valence-corrected chi connectivity index (χ2v) is 19.9. The van der Waals surface area contributed by atoms with E-state index in [4.69, 9.17) is 23.4 Å². The topological polar surface area (TPSA) is 46.2 Å². The lowest BCUT2D eigenvalue weighted by atomic mass is 9.80. The standard InChI is InChI=1S/C48H56O5Si/c1-38(34-50-35-39-20-12-8-13-21-39)28-33-45(53-54(6,7)47(2,3)4)46(51-36-40-29-31-44(49-5)32-30-40)37-52-48(41-22-14-9-15-23-41,42-24-16-10-17-25-42)43-26-18-11-19-27-43/h8-33,45-46H,1,34-37H2,2-7H3/b33-28+/t45-,46+/m1/s1. The molecule has 5 nitrogen and oxygen atoms in total. The van der Waals surface area contributed by atoms with Crippen LogP contribution in [0.15, 0.2) is 170 Å². The predicted molar refractivity (Wildman–Crippen MR) is 223 cm³/mol. The third kappa shape index (κ3) is 10.8. The lowest BCUT2D eigenvalue weighted by Crippen LogP contribution is -2.49. The summed E-state index contributed by atoms with van der Waals surface area (Å²) >= 11 is 0. The third-order valence-electron chi connectivity index (χ3n) is 10.2. The van der Waals surface area contributed by atoms with Crippen LogP contribution in [-0.4, -0.2) is 40.8 Å². The number of hydrogen-bond acceptors (Lipinski definition) is 5. The molecule has 282 valence electrons. The zero-order valence-electron chi connectivity index (χ0n) is 32.7. The fraction of sp³-hybridized carbons (Fsp3) is 0.292. The van der Waals surface area contributed by atoms with E-state index in [0.29, 0.717) is 19.8 Å². The number of rotatable bonds is 19. The van der Waals surface area contributed by atoms with Crippen molar-refractivity contribution >= 4 is 8.32 Å². The van der Waals surface area contributed by atoms with Crippen molar-refractivity contribution in [1.82, 2.24) is 0 Å². The van der Waals surface area contributed by atoms with Gasteiger partial charge in [0.15, 0.2) is 8.32 Å². The molecule has 0 aliphatic heterocycles. The number of methoxy groups -OCH3 is 1. The van der Waals surface area contributed by atoms with Crippen molar-refractivity contribution in [2.45, 2.75) is 69.9 Å². The Kier molecular flexibility index (Phi) is 14.4. The minimum Gasteiger partial charge on any atom is -0.497 e. The summed E-state index contributed by atoms with van der Waals surface area (Å²) in [5.41, 5.74) is 5.14. The molecule has 0 amide bonds. The Bertz CT molecular complexity index is 1770. The molecule has 5 aromatic carbocycles. The van der Waals surface area contributed by atoms with Crippen molar-refractivity contribution in [3.05, 3.63) is 198 Å². The van der Waals surface area contributed by atoms with Gasteiger partial charge < -0.3 is 23.4 Å². The Morgan fingerprint density at radius 2 is 1.15 bits per heavy atom. The molecule has 6 heteroatoms. The SMILES string of the molecule is C=C(/C=C/[C@@H](O[Si](C)(C)C(C)(C)C)[C@H](COC(c1ccccc1)(c1ccccc1)c1ccccc1)OCc1ccc(OC)cc1)COCc1ccccc1. The Hall–Kier alpha value is -4.56. The summed E-state index contributed by atoms with van der Waals surface area (Å²) in [4.78, 5) is 0. The summed E-state index contributed by atoms with van der Waals surface area (Å²) in [5, 5.41) is -0.0435. The van der Waals surface area contributed by atoms with E-state index in [1.165, 1.54) is 0 Å². The molecule has 5 aromatic rings. The Morgan fingerprint density at radius 1 is 0.667 bits per heavy atom. The molecule has 54 heavy (non-hydrogen) atoms. The molecule has 0 radical (unpaired) electrons. The van der Waals surface area contributed by atoms with Crippen molar-refractivity contribution in [2.75, 3.05) is 20.3 Å². The number of benzene rings is 5. The quantitative estimate of drug-likeness (QED) is 0.0479. The van der Waals surface area contributed by atoms with E-state index in [2.05, 4.69) is 131 Å². The van der Waals surface area contributed by atoms with Crippen LogP contribution in [0.1, 0.15) is 48.6 Å². The average molecular weight is 741 g/mol. The molecule has 0 aliphatic carbocycles. The molecular weight excluding hydrogens is 685 g/mol. The van der Waals surface area contributed by atoms with Crippen molar-refractivity contribution in [3.63, 3.8) is 0 Å². The van der Waals surface area contributed by atoms with Crippen molar-refractivity contribution in [2.24, 2.45) is 0 Å². The number of ether oxygens (including phenoxy) is 4. The highest BCUT2D eigenvalue weighted by atomic mass is 28.4. The van der Waals surface area contributed by atoms with E-state index in [1.54, 1.807) is 7.11 Å². The summed E-state index contributed by atoms with van der Waals surface area (Å²) < 4.78 is 33.0. The maximum Gasteiger partial charge on any atom is 0.193 e. The normalized spacial score (nSPS) is 13.4. The van der Waals surface area contributed by atoms with Crippen molar-refractivity contribution < 1.29 is 23.4 Å². The molecule has 0 heterocycles. The zero-order valence-corrected chi connectivity index (χ0v) is 33.7.